The van der Waals surface area contributed by atoms with Gasteiger partial charge in [-0.05, 0) is 24.3 Å². The first-order valence-electron chi connectivity index (χ1n) is 4.23. The Bertz CT molecular complexity index is 321. The van der Waals surface area contributed by atoms with Crippen LogP contribution in [0.25, 0.3) is 0 Å². The average Bonchev–Trinajstić information content (AvgIpc) is 2.21. The summed E-state index contributed by atoms with van der Waals surface area (Å²) in [4.78, 5) is 0. The van der Waals surface area contributed by atoms with E-state index in [1.54, 1.807) is 0 Å². The molecule has 65 valence electrons. The first kappa shape index (κ1) is 10.9. The van der Waals surface area contributed by atoms with Crippen molar-refractivity contribution in [1.82, 2.24) is 0 Å². The van der Waals surface area contributed by atoms with Crippen molar-refractivity contribution in [2.24, 2.45) is 0 Å². The Morgan fingerprint density at radius 3 is 1.29 bits per heavy atom. The van der Waals surface area contributed by atoms with Crippen molar-refractivity contribution < 1.29 is 4.74 Å². The quantitative estimate of drug-likeness (QED) is 0.640. The van der Waals surface area contributed by atoms with E-state index in [-0.39, 0.29) is 18.9 Å². The summed E-state index contributed by atoms with van der Waals surface area (Å²) in [5.74, 6) is 1.74. The number of hydrogen-bond donors (Lipinski definition) is 0. The van der Waals surface area contributed by atoms with Crippen LogP contribution in [0.1, 0.15) is 0 Å². The fourth-order valence-electron chi connectivity index (χ4n) is 1.11. The monoisotopic (exact) mass is 177 g/mol. The molecule has 0 aliphatic rings. The molecule has 0 heterocycles. The van der Waals surface area contributed by atoms with Gasteiger partial charge in [-0.2, -0.15) is 0 Å². The number of rotatable bonds is 2. The molecule has 0 fully saturated rings. The van der Waals surface area contributed by atoms with Gasteiger partial charge in [-0.15, -0.1) is 0 Å². The van der Waals surface area contributed by atoms with Gasteiger partial charge >= 0.3 is 0 Å². The van der Waals surface area contributed by atoms with Crippen molar-refractivity contribution in [2.45, 2.75) is 0 Å². The summed E-state index contributed by atoms with van der Waals surface area (Å²) in [5, 5.41) is 0. The molecule has 0 amide bonds. The summed E-state index contributed by atoms with van der Waals surface area (Å²) < 4.78 is 5.58. The van der Waals surface area contributed by atoms with Gasteiger partial charge in [-0.1, -0.05) is 36.4 Å². The molecule has 0 N–H and O–H groups in total. The average molecular weight is 177 g/mol. The van der Waals surface area contributed by atoms with Crippen LogP contribution in [-0.2, 0) is 0 Å². The summed E-state index contributed by atoms with van der Waals surface area (Å²) in [6.45, 7) is 0. The van der Waals surface area contributed by atoms with E-state index in [2.05, 4.69) is 0 Å². The van der Waals surface area contributed by atoms with Crippen LogP contribution in [0.4, 0.5) is 0 Å². The van der Waals surface area contributed by atoms with Crippen LogP contribution in [0.5, 0.6) is 11.5 Å². The Balaban J connectivity index is 0.000000980. The van der Waals surface area contributed by atoms with Gasteiger partial charge in [0.2, 0.25) is 0 Å². The Labute approximate surface area is 95.9 Å². The van der Waals surface area contributed by atoms with Crippen molar-refractivity contribution in [2.75, 3.05) is 0 Å². The predicted octanol–water partition coefficient (Wildman–Crippen LogP) is 3.10. The van der Waals surface area contributed by atoms with Crippen molar-refractivity contribution in [3.63, 3.8) is 0 Å². The van der Waals surface area contributed by atoms with Gasteiger partial charge < -0.3 is 4.74 Å². The Morgan fingerprint density at radius 2 is 0.929 bits per heavy atom. The molecule has 1 radical (unpaired) electrons. The third kappa shape index (κ3) is 2.96. The molecule has 0 bridgehead atoms. The van der Waals surface area contributed by atoms with Gasteiger partial charge in [0, 0.05) is 18.9 Å². The molecule has 2 aromatic rings. The molecule has 0 atom stereocenters. The fourth-order valence-corrected chi connectivity index (χ4v) is 1.11. The maximum absolute atomic E-state index is 5.58. The summed E-state index contributed by atoms with van der Waals surface area (Å²) in [6, 6.07) is 19.5. The zero-order valence-electron chi connectivity index (χ0n) is 8.18. The van der Waals surface area contributed by atoms with Crippen molar-refractivity contribution in [3.8, 4) is 11.5 Å². The molecule has 0 aliphatic heterocycles. The minimum absolute atomic E-state index is 0. The van der Waals surface area contributed by atoms with Crippen LogP contribution < -0.4 is 4.74 Å². The minimum atomic E-state index is 0. The third-order valence-electron chi connectivity index (χ3n) is 1.72. The van der Waals surface area contributed by atoms with E-state index in [1.807, 2.05) is 60.7 Å². The van der Waals surface area contributed by atoms with E-state index in [4.69, 9.17) is 4.74 Å². The van der Waals surface area contributed by atoms with Crippen LogP contribution in [0.3, 0.4) is 0 Å². The summed E-state index contributed by atoms with van der Waals surface area (Å²) in [6.07, 6.45) is 0. The van der Waals surface area contributed by atoms with Crippen LogP contribution in [-0.4, -0.2) is 18.9 Å². The third-order valence-corrected chi connectivity index (χ3v) is 1.72. The van der Waals surface area contributed by atoms with Gasteiger partial charge in [-0.25, -0.2) is 0 Å². The van der Waals surface area contributed by atoms with Crippen LogP contribution in [0.2, 0.25) is 0 Å². The number of para-hydroxylation sites is 2. The normalized spacial score (nSPS) is 8.86. The van der Waals surface area contributed by atoms with Crippen molar-refractivity contribution in [3.05, 3.63) is 60.7 Å². The van der Waals surface area contributed by atoms with Gasteiger partial charge in [0.05, 0.1) is 0 Å². The number of ether oxygens (including phenoxy) is 1. The Morgan fingerprint density at radius 1 is 0.571 bits per heavy atom. The molecular formula is C12H10LiO. The van der Waals surface area contributed by atoms with E-state index in [0.717, 1.165) is 11.5 Å². The molecule has 0 aromatic heterocycles. The summed E-state index contributed by atoms with van der Waals surface area (Å²) in [5.41, 5.74) is 0. The van der Waals surface area contributed by atoms with Crippen molar-refractivity contribution in [1.29, 1.82) is 0 Å². The van der Waals surface area contributed by atoms with Gasteiger partial charge in [0.15, 0.2) is 0 Å². The van der Waals surface area contributed by atoms with Crippen molar-refractivity contribution >= 4 is 18.9 Å². The van der Waals surface area contributed by atoms with Gasteiger partial charge in [-0.3, -0.25) is 0 Å². The smallest absolute Gasteiger partial charge is 0.127 e. The molecule has 2 rings (SSSR count). The number of hydrogen-bond acceptors (Lipinski definition) is 1. The van der Waals surface area contributed by atoms with Crippen LogP contribution in [0.15, 0.2) is 60.7 Å². The molecule has 14 heavy (non-hydrogen) atoms. The predicted molar refractivity (Wildman–Crippen MR) is 58.7 cm³/mol. The molecule has 0 aliphatic carbocycles. The Hall–Kier alpha value is -1.16. The largest absolute Gasteiger partial charge is 0.457 e. The summed E-state index contributed by atoms with van der Waals surface area (Å²) >= 11 is 0. The molecule has 0 unspecified atom stereocenters. The van der Waals surface area contributed by atoms with Gasteiger partial charge in [0.25, 0.3) is 0 Å². The molecule has 0 saturated carbocycles. The van der Waals surface area contributed by atoms with E-state index >= 15 is 0 Å². The molecule has 0 spiro atoms. The second-order valence-corrected chi connectivity index (χ2v) is 2.73. The topological polar surface area (TPSA) is 9.23 Å². The van der Waals surface area contributed by atoms with Crippen LogP contribution >= 0.6 is 0 Å². The molecule has 2 heteroatoms. The van der Waals surface area contributed by atoms with Gasteiger partial charge in [0.1, 0.15) is 11.5 Å². The maximum atomic E-state index is 5.58. The fraction of sp³-hybridized carbons (Fsp3) is 0. The Kier molecular flexibility index (Phi) is 4.32. The first-order valence-corrected chi connectivity index (χ1v) is 4.23. The second kappa shape index (κ2) is 5.54. The number of benzene rings is 2. The van der Waals surface area contributed by atoms with E-state index < -0.39 is 0 Å². The second-order valence-electron chi connectivity index (χ2n) is 2.73. The molecular weight excluding hydrogens is 167 g/mol. The molecule has 0 saturated heterocycles. The zero-order chi connectivity index (χ0) is 8.93. The first-order chi connectivity index (χ1) is 6.45. The van der Waals surface area contributed by atoms with E-state index in [1.165, 1.54) is 0 Å². The van der Waals surface area contributed by atoms with Crippen LogP contribution in [0, 0.1) is 0 Å². The molecule has 2 aromatic carbocycles. The standard InChI is InChI=1S/C12H10O.Li/c1-3-7-11(8-4-1)13-12-9-5-2-6-10-12;/h1-10H;. The minimum Gasteiger partial charge on any atom is -0.457 e. The SMILES string of the molecule is [Li].c1ccc(Oc2ccccc2)cc1. The van der Waals surface area contributed by atoms with E-state index in [0.29, 0.717) is 0 Å². The molecule has 1 nitrogen and oxygen atoms in total. The van der Waals surface area contributed by atoms with E-state index in [9.17, 15) is 0 Å². The zero-order valence-corrected chi connectivity index (χ0v) is 8.18. The summed E-state index contributed by atoms with van der Waals surface area (Å²) in [7, 11) is 0. The maximum Gasteiger partial charge on any atom is 0.127 e.